The molecule has 0 aliphatic carbocycles. The molecule has 0 aromatic rings. The van der Waals surface area contributed by atoms with Crippen LogP contribution in [0.15, 0.2) is 12.7 Å². The van der Waals surface area contributed by atoms with Crippen molar-refractivity contribution in [2.75, 3.05) is 20.9 Å². The van der Waals surface area contributed by atoms with Gasteiger partial charge in [-0.2, -0.15) is 4.78 Å². The molecule has 1 saturated heterocycles. The molecule has 0 spiro atoms. The molecule has 1 fully saturated rings. The molecule has 7 nitrogen and oxygen atoms in total. The number of carbonyl (C=O) groups excluding carboxylic acids is 2. The second kappa shape index (κ2) is 5.22. The molecule has 3 unspecified atom stereocenters. The highest BCUT2D eigenvalue weighted by atomic mass is 31.2. The highest BCUT2D eigenvalue weighted by Gasteiger charge is 2.62. The van der Waals surface area contributed by atoms with Gasteiger partial charge in [0.25, 0.3) is 0 Å². The maximum absolute atomic E-state index is 12.3. The fourth-order valence-corrected chi connectivity index (χ4v) is 4.35. The average Bonchev–Trinajstić information content (AvgIpc) is 2.90. The lowest BCUT2D eigenvalue weighted by atomic mass is 10.3. The molecule has 0 aromatic heterocycles. The molecule has 0 aromatic carbocycles. The summed E-state index contributed by atoms with van der Waals surface area (Å²) in [7, 11) is -0.397. The van der Waals surface area contributed by atoms with Crippen LogP contribution in [0.3, 0.4) is 0 Å². The van der Waals surface area contributed by atoms with Gasteiger partial charge in [0.05, 0.1) is 14.2 Å². The molecule has 1 rings (SSSR count). The van der Waals surface area contributed by atoms with Gasteiger partial charge in [0, 0.05) is 6.66 Å². The lowest BCUT2D eigenvalue weighted by Crippen LogP contribution is -2.35. The Bertz CT molecular complexity index is 424. The molecule has 102 valence electrons. The SMILES string of the molecule is C=C[C@@H](C(=O)OC)N1N([C@@H](C)C(=O)OC)P1(C)=O. The first kappa shape index (κ1) is 14.9. The largest absolute Gasteiger partial charge is 0.468 e. The topological polar surface area (TPSA) is 75.7 Å². The van der Waals surface area contributed by atoms with Gasteiger partial charge in [-0.25, -0.2) is 4.79 Å². The first-order valence-electron chi connectivity index (χ1n) is 5.28. The summed E-state index contributed by atoms with van der Waals surface area (Å²) in [6.45, 7) is 6.53. The minimum Gasteiger partial charge on any atom is -0.468 e. The summed E-state index contributed by atoms with van der Waals surface area (Å²) < 4.78 is 24.1. The van der Waals surface area contributed by atoms with E-state index in [1.54, 1.807) is 6.92 Å². The Morgan fingerprint density at radius 2 is 1.72 bits per heavy atom. The molecule has 0 saturated carbocycles. The van der Waals surface area contributed by atoms with E-state index in [1.807, 2.05) is 0 Å². The molecule has 1 aliphatic rings. The number of rotatable bonds is 5. The molecule has 0 bridgehead atoms. The van der Waals surface area contributed by atoms with Crippen molar-refractivity contribution < 1.29 is 23.6 Å². The van der Waals surface area contributed by atoms with Crippen LogP contribution in [-0.4, -0.2) is 54.5 Å². The molecule has 0 N–H and O–H groups in total. The van der Waals surface area contributed by atoms with Crippen LogP contribution >= 0.6 is 7.44 Å². The number of methoxy groups -OCH3 is 2. The normalized spacial score (nSPS) is 33.1. The monoisotopic (exact) mass is 276 g/mol. The van der Waals surface area contributed by atoms with Crippen LogP contribution in [0.1, 0.15) is 6.92 Å². The van der Waals surface area contributed by atoms with Gasteiger partial charge >= 0.3 is 11.9 Å². The Kier molecular flexibility index (Phi) is 4.32. The fourth-order valence-electron chi connectivity index (χ4n) is 1.81. The van der Waals surface area contributed by atoms with E-state index in [1.165, 1.54) is 36.5 Å². The highest BCUT2D eigenvalue weighted by molar-refractivity contribution is 7.64. The highest BCUT2D eigenvalue weighted by Crippen LogP contribution is 2.70. The lowest BCUT2D eigenvalue weighted by Gasteiger charge is -2.13. The van der Waals surface area contributed by atoms with E-state index in [0.717, 1.165) is 0 Å². The Hall–Kier alpha value is -1.17. The fraction of sp³-hybridized carbons (Fsp3) is 0.600. The maximum Gasteiger partial charge on any atom is 0.329 e. The molecule has 1 heterocycles. The van der Waals surface area contributed by atoms with Crippen molar-refractivity contribution in [3.8, 4) is 0 Å². The van der Waals surface area contributed by atoms with E-state index in [0.29, 0.717) is 0 Å². The van der Waals surface area contributed by atoms with Crippen molar-refractivity contribution in [2.24, 2.45) is 0 Å². The third kappa shape index (κ3) is 2.34. The molecule has 0 amide bonds. The standard InChI is InChI=1S/C10H17N2O5P/c1-6-8(10(14)17-4)12-11(18(12,5)15)7(2)9(13)16-3/h6-8H,1H2,2-5H3/t7-,8-,11?,12?,18?/m0/s1. The third-order valence-electron chi connectivity index (χ3n) is 2.74. The smallest absolute Gasteiger partial charge is 0.329 e. The van der Waals surface area contributed by atoms with Gasteiger partial charge < -0.3 is 9.47 Å². The van der Waals surface area contributed by atoms with Gasteiger partial charge in [-0.3, -0.25) is 9.36 Å². The maximum atomic E-state index is 12.3. The van der Waals surface area contributed by atoms with Crippen LogP contribution in [0.4, 0.5) is 0 Å². The zero-order valence-electron chi connectivity index (χ0n) is 10.8. The van der Waals surface area contributed by atoms with E-state index < -0.39 is 31.5 Å². The summed E-state index contributed by atoms with van der Waals surface area (Å²) >= 11 is 0. The lowest BCUT2D eigenvalue weighted by molar-refractivity contribution is -0.148. The molecule has 18 heavy (non-hydrogen) atoms. The van der Waals surface area contributed by atoms with Crippen molar-refractivity contribution >= 4 is 19.4 Å². The quantitative estimate of drug-likeness (QED) is 0.315. The van der Waals surface area contributed by atoms with Crippen LogP contribution < -0.4 is 0 Å². The number of hydrogen-bond acceptors (Lipinski definition) is 5. The van der Waals surface area contributed by atoms with E-state index in [-0.39, 0.29) is 0 Å². The minimum absolute atomic E-state index is 0.521. The zero-order chi connectivity index (χ0) is 14.1. The Labute approximate surface area is 106 Å². The predicted octanol–water partition coefficient (Wildman–Crippen LogP) is 0.631. The van der Waals surface area contributed by atoms with Gasteiger partial charge in [0.1, 0.15) is 12.1 Å². The molecule has 0 radical (unpaired) electrons. The molecular weight excluding hydrogens is 259 g/mol. The van der Waals surface area contributed by atoms with Gasteiger partial charge in [0.2, 0.25) is 7.44 Å². The third-order valence-corrected chi connectivity index (χ3v) is 5.08. The van der Waals surface area contributed by atoms with Gasteiger partial charge in [-0.15, -0.1) is 11.4 Å². The van der Waals surface area contributed by atoms with E-state index in [4.69, 9.17) is 0 Å². The van der Waals surface area contributed by atoms with Crippen molar-refractivity contribution in [3.05, 3.63) is 12.7 Å². The number of carbonyl (C=O) groups is 2. The van der Waals surface area contributed by atoms with Crippen LogP contribution in [-0.2, 0) is 23.6 Å². The zero-order valence-corrected chi connectivity index (χ0v) is 11.7. The van der Waals surface area contributed by atoms with E-state index in [9.17, 15) is 14.2 Å². The number of esters is 2. The molecule has 5 atom stereocenters. The molecule has 1 aliphatic heterocycles. The van der Waals surface area contributed by atoms with E-state index in [2.05, 4.69) is 16.1 Å². The van der Waals surface area contributed by atoms with Crippen LogP contribution in [0.25, 0.3) is 0 Å². The minimum atomic E-state index is -2.88. The van der Waals surface area contributed by atoms with Gasteiger partial charge in [-0.05, 0) is 6.92 Å². The molecule has 8 heteroatoms. The molecular formula is C10H17N2O5P. The summed E-state index contributed by atoms with van der Waals surface area (Å²) in [6, 6.07) is -1.59. The van der Waals surface area contributed by atoms with Crippen molar-refractivity contribution in [3.63, 3.8) is 0 Å². The number of ether oxygens (including phenoxy) is 2. The number of nitrogens with zero attached hydrogens (tertiary/aromatic N) is 2. The first-order chi connectivity index (χ1) is 8.32. The van der Waals surface area contributed by atoms with Crippen molar-refractivity contribution in [2.45, 2.75) is 19.0 Å². The average molecular weight is 276 g/mol. The van der Waals surface area contributed by atoms with Crippen molar-refractivity contribution in [1.29, 1.82) is 0 Å². The number of hydrogen-bond donors (Lipinski definition) is 0. The first-order valence-corrected chi connectivity index (χ1v) is 7.34. The van der Waals surface area contributed by atoms with Crippen molar-refractivity contribution in [1.82, 2.24) is 9.56 Å². The van der Waals surface area contributed by atoms with Crippen LogP contribution in [0.5, 0.6) is 0 Å². The Morgan fingerprint density at radius 1 is 1.22 bits per heavy atom. The second-order valence-electron chi connectivity index (χ2n) is 3.88. The summed E-state index contributed by atoms with van der Waals surface area (Å²) in [5.41, 5.74) is 0. The Morgan fingerprint density at radius 3 is 2.11 bits per heavy atom. The van der Waals surface area contributed by atoms with Crippen LogP contribution in [0.2, 0.25) is 0 Å². The summed E-state index contributed by atoms with van der Waals surface area (Å²) in [5, 5.41) is 0. The summed E-state index contributed by atoms with van der Waals surface area (Å²) in [4.78, 5) is 22.9. The van der Waals surface area contributed by atoms with E-state index >= 15 is 0 Å². The second-order valence-corrected chi connectivity index (χ2v) is 6.37. The predicted molar refractivity (Wildman–Crippen MR) is 64.7 cm³/mol. The van der Waals surface area contributed by atoms with Gasteiger partial charge in [-0.1, -0.05) is 6.08 Å². The van der Waals surface area contributed by atoms with Crippen LogP contribution in [0, 0.1) is 0 Å². The Balaban J connectivity index is 2.92. The summed E-state index contributed by atoms with van der Waals surface area (Å²) in [6.07, 6.45) is 1.33. The van der Waals surface area contributed by atoms with Gasteiger partial charge in [0.15, 0.2) is 0 Å². The number of hydrazine groups is 1. The summed E-state index contributed by atoms with van der Waals surface area (Å²) in [5.74, 6) is -1.10.